The van der Waals surface area contributed by atoms with E-state index in [0.717, 1.165) is 25.7 Å². The number of hydrogen-bond acceptors (Lipinski definition) is 6. The number of aromatic nitrogens is 2. The van der Waals surface area contributed by atoms with E-state index in [1.807, 2.05) is 0 Å². The van der Waals surface area contributed by atoms with Crippen LogP contribution >= 0.6 is 0 Å². The Hall–Kier alpha value is -1.70. The fourth-order valence-electron chi connectivity index (χ4n) is 3.14. The molecule has 1 saturated heterocycles. The minimum Gasteiger partial charge on any atom is -0.365 e. The van der Waals surface area contributed by atoms with Crippen molar-refractivity contribution in [3.8, 4) is 0 Å². The van der Waals surface area contributed by atoms with Crippen LogP contribution < -0.4 is 10.6 Å². The lowest BCUT2D eigenvalue weighted by Crippen LogP contribution is -2.36. The first-order chi connectivity index (χ1) is 11.0. The number of nitrogens with zero attached hydrogens (tertiary/aromatic N) is 2. The van der Waals surface area contributed by atoms with E-state index in [1.165, 1.54) is 18.8 Å². The molecule has 1 unspecified atom stereocenters. The molecule has 1 aromatic heterocycles. The highest BCUT2D eigenvalue weighted by Gasteiger charge is 2.28. The van der Waals surface area contributed by atoms with Gasteiger partial charge in [-0.1, -0.05) is 19.3 Å². The second-order valence-corrected chi connectivity index (χ2v) is 8.57. The average molecular weight is 338 g/mol. The zero-order chi connectivity index (χ0) is 16.3. The van der Waals surface area contributed by atoms with E-state index in [-0.39, 0.29) is 29.5 Å². The van der Waals surface area contributed by atoms with Crippen LogP contribution in [0.4, 0.5) is 5.82 Å². The van der Waals surface area contributed by atoms with Crippen molar-refractivity contribution in [1.82, 2.24) is 15.3 Å². The first-order valence-corrected chi connectivity index (χ1v) is 9.94. The maximum absolute atomic E-state index is 12.1. The summed E-state index contributed by atoms with van der Waals surface area (Å²) in [7, 11) is -2.93. The molecule has 2 aliphatic rings. The van der Waals surface area contributed by atoms with Crippen molar-refractivity contribution < 1.29 is 13.2 Å². The Labute approximate surface area is 136 Å². The van der Waals surface area contributed by atoms with Crippen molar-refractivity contribution >= 4 is 21.6 Å². The van der Waals surface area contributed by atoms with E-state index in [9.17, 15) is 13.2 Å². The number of carbonyl (C=O) groups is 1. The van der Waals surface area contributed by atoms with Crippen LogP contribution in [0.1, 0.15) is 49.0 Å². The molecule has 2 N–H and O–H groups in total. The number of hydrogen-bond donors (Lipinski definition) is 2. The molecule has 0 spiro atoms. The Bertz CT molecular complexity index is 654. The first kappa shape index (κ1) is 16.2. The molecule has 7 nitrogen and oxygen atoms in total. The zero-order valence-electron chi connectivity index (χ0n) is 13.0. The minimum absolute atomic E-state index is 0.124. The van der Waals surface area contributed by atoms with Gasteiger partial charge < -0.3 is 10.6 Å². The molecule has 1 amide bonds. The third kappa shape index (κ3) is 4.40. The molecule has 2 heterocycles. The normalized spacial score (nSPS) is 24.3. The molecule has 0 bridgehead atoms. The van der Waals surface area contributed by atoms with Crippen LogP contribution in [0.3, 0.4) is 0 Å². The number of carbonyl (C=O) groups excluding carboxylic acids is 1. The second-order valence-electron chi connectivity index (χ2n) is 6.34. The van der Waals surface area contributed by atoms with Crippen molar-refractivity contribution in [2.24, 2.45) is 0 Å². The summed E-state index contributed by atoms with van der Waals surface area (Å²) >= 11 is 0. The largest absolute Gasteiger partial charge is 0.365 e. The monoisotopic (exact) mass is 338 g/mol. The number of sulfone groups is 1. The molecule has 126 valence electrons. The minimum atomic E-state index is -2.93. The van der Waals surface area contributed by atoms with Gasteiger partial charge in [-0.25, -0.2) is 18.4 Å². The van der Waals surface area contributed by atoms with Crippen LogP contribution in [0.5, 0.6) is 0 Å². The van der Waals surface area contributed by atoms with Gasteiger partial charge in [0.15, 0.2) is 9.84 Å². The lowest BCUT2D eigenvalue weighted by molar-refractivity contribution is 0.0922. The Morgan fingerprint density at radius 2 is 1.83 bits per heavy atom. The summed E-state index contributed by atoms with van der Waals surface area (Å²) in [5.41, 5.74) is 0.292. The van der Waals surface area contributed by atoms with Crippen LogP contribution in [0.25, 0.3) is 0 Å². The summed E-state index contributed by atoms with van der Waals surface area (Å²) in [6.45, 7) is 0. The van der Waals surface area contributed by atoms with Gasteiger partial charge in [0.2, 0.25) is 0 Å². The van der Waals surface area contributed by atoms with Crippen molar-refractivity contribution in [2.45, 2.75) is 50.6 Å². The molecule has 1 aliphatic heterocycles. The van der Waals surface area contributed by atoms with Gasteiger partial charge >= 0.3 is 0 Å². The lowest BCUT2D eigenvalue weighted by atomic mass is 9.95. The molecular weight excluding hydrogens is 316 g/mol. The molecule has 0 radical (unpaired) electrons. The third-order valence-corrected chi connectivity index (χ3v) is 6.18. The molecule has 8 heteroatoms. The summed E-state index contributed by atoms with van der Waals surface area (Å²) in [6, 6.07) is 0.107. The molecule has 1 aliphatic carbocycles. The molecular formula is C15H22N4O3S. The standard InChI is InChI=1S/C15H22N4O3S/c20-15(19-11-4-2-1-3-5-11)13-8-17-14(9-16-13)18-12-6-7-23(21,22)10-12/h8-9,11-12H,1-7,10H2,(H,17,18)(H,19,20). The van der Waals surface area contributed by atoms with Crippen LogP contribution in [0, 0.1) is 0 Å². The van der Waals surface area contributed by atoms with Crippen molar-refractivity contribution in [3.63, 3.8) is 0 Å². The Morgan fingerprint density at radius 3 is 2.43 bits per heavy atom. The van der Waals surface area contributed by atoms with Crippen LogP contribution in [-0.2, 0) is 9.84 Å². The van der Waals surface area contributed by atoms with Crippen molar-refractivity contribution in [2.75, 3.05) is 16.8 Å². The van der Waals surface area contributed by atoms with Gasteiger partial charge in [-0.05, 0) is 19.3 Å². The van der Waals surface area contributed by atoms with Gasteiger partial charge in [0.25, 0.3) is 5.91 Å². The molecule has 1 atom stereocenters. The molecule has 23 heavy (non-hydrogen) atoms. The SMILES string of the molecule is O=C(NC1CCCCC1)c1cnc(NC2CCS(=O)(=O)C2)cn1. The maximum atomic E-state index is 12.1. The molecule has 1 saturated carbocycles. The lowest BCUT2D eigenvalue weighted by Gasteiger charge is -2.22. The number of nitrogens with one attached hydrogen (secondary N) is 2. The smallest absolute Gasteiger partial charge is 0.271 e. The number of anilines is 1. The van der Waals surface area contributed by atoms with Crippen LogP contribution in [-0.4, -0.2) is 47.9 Å². The van der Waals surface area contributed by atoms with Crippen LogP contribution in [0.15, 0.2) is 12.4 Å². The summed E-state index contributed by atoms with van der Waals surface area (Å²) in [5, 5.41) is 6.06. The highest BCUT2D eigenvalue weighted by Crippen LogP contribution is 2.18. The highest BCUT2D eigenvalue weighted by molar-refractivity contribution is 7.91. The Balaban J connectivity index is 1.55. The first-order valence-electron chi connectivity index (χ1n) is 8.12. The average Bonchev–Trinajstić information content (AvgIpc) is 2.88. The number of amides is 1. The van der Waals surface area contributed by atoms with E-state index in [1.54, 1.807) is 0 Å². The van der Waals surface area contributed by atoms with E-state index >= 15 is 0 Å². The fraction of sp³-hybridized carbons (Fsp3) is 0.667. The fourth-order valence-corrected chi connectivity index (χ4v) is 4.82. The van der Waals surface area contributed by atoms with E-state index < -0.39 is 9.84 Å². The highest BCUT2D eigenvalue weighted by atomic mass is 32.2. The summed E-state index contributed by atoms with van der Waals surface area (Å²) in [4.78, 5) is 20.5. The van der Waals surface area contributed by atoms with Gasteiger partial charge in [-0.2, -0.15) is 0 Å². The van der Waals surface area contributed by atoms with E-state index in [4.69, 9.17) is 0 Å². The van der Waals surface area contributed by atoms with Crippen molar-refractivity contribution in [3.05, 3.63) is 18.1 Å². The van der Waals surface area contributed by atoms with Gasteiger partial charge in [-0.15, -0.1) is 0 Å². The van der Waals surface area contributed by atoms with Gasteiger partial charge in [0.1, 0.15) is 11.5 Å². The predicted octanol–water partition coefficient (Wildman–Crippen LogP) is 1.14. The summed E-state index contributed by atoms with van der Waals surface area (Å²) in [5.74, 6) is 0.638. The van der Waals surface area contributed by atoms with E-state index in [2.05, 4.69) is 20.6 Å². The predicted molar refractivity (Wildman–Crippen MR) is 87.1 cm³/mol. The van der Waals surface area contributed by atoms with E-state index in [0.29, 0.717) is 17.9 Å². The second kappa shape index (κ2) is 6.82. The van der Waals surface area contributed by atoms with Crippen molar-refractivity contribution in [1.29, 1.82) is 0 Å². The molecule has 0 aromatic carbocycles. The molecule has 1 aromatic rings. The quantitative estimate of drug-likeness (QED) is 0.854. The maximum Gasteiger partial charge on any atom is 0.271 e. The summed E-state index contributed by atoms with van der Waals surface area (Å²) in [6.07, 6.45) is 9.10. The van der Waals surface area contributed by atoms with Gasteiger partial charge in [-0.3, -0.25) is 4.79 Å². The molecule has 2 fully saturated rings. The number of rotatable bonds is 4. The summed E-state index contributed by atoms with van der Waals surface area (Å²) < 4.78 is 22.9. The van der Waals surface area contributed by atoms with Gasteiger partial charge in [0.05, 0.1) is 23.9 Å². The third-order valence-electron chi connectivity index (χ3n) is 4.41. The van der Waals surface area contributed by atoms with Crippen LogP contribution in [0.2, 0.25) is 0 Å². The topological polar surface area (TPSA) is 101 Å². The Morgan fingerprint density at radius 1 is 1.04 bits per heavy atom. The zero-order valence-corrected chi connectivity index (χ0v) is 13.8. The molecule has 3 rings (SSSR count). The Kier molecular flexibility index (Phi) is 4.79. The van der Waals surface area contributed by atoms with Gasteiger partial charge in [0, 0.05) is 12.1 Å².